The summed E-state index contributed by atoms with van der Waals surface area (Å²) in [7, 11) is 0. The minimum Gasteiger partial charge on any atom is -0.460 e. The fourth-order valence-electron chi connectivity index (χ4n) is 0.323. The highest BCUT2D eigenvalue weighted by Gasteiger charge is 2.10. The molecule has 0 aromatic carbocycles. The normalized spacial score (nSPS) is 9.70. The van der Waals surface area contributed by atoms with Crippen molar-refractivity contribution in [2.75, 3.05) is 6.61 Å². The Kier molecular flexibility index (Phi) is 3.86. The number of hydrazone groups is 1. The van der Waals surface area contributed by atoms with Crippen LogP contribution < -0.4 is 5.84 Å². The van der Waals surface area contributed by atoms with Crippen molar-refractivity contribution in [1.82, 2.24) is 0 Å². The van der Waals surface area contributed by atoms with Gasteiger partial charge in [0.1, 0.15) is 6.21 Å². The molecule has 0 aliphatic heterocycles. The van der Waals surface area contributed by atoms with Gasteiger partial charge in [0.25, 0.3) is 5.78 Å². The van der Waals surface area contributed by atoms with Gasteiger partial charge in [-0.05, 0) is 6.92 Å². The molecule has 0 aliphatic rings. The van der Waals surface area contributed by atoms with Crippen molar-refractivity contribution in [3.63, 3.8) is 0 Å². The average molecular weight is 144 g/mol. The predicted octanol–water partition coefficient (Wildman–Crippen LogP) is -0.937. The minimum absolute atomic E-state index is 0.170. The molecule has 0 radical (unpaired) electrons. The van der Waals surface area contributed by atoms with E-state index < -0.39 is 11.8 Å². The first kappa shape index (κ1) is 8.61. The minimum atomic E-state index is -0.934. The Morgan fingerprint density at radius 3 is 2.70 bits per heavy atom. The van der Waals surface area contributed by atoms with Crippen molar-refractivity contribution in [3.8, 4) is 0 Å². The van der Waals surface area contributed by atoms with Crippen LogP contribution >= 0.6 is 0 Å². The largest absolute Gasteiger partial charge is 0.460 e. The Labute approximate surface area is 57.8 Å². The number of nitrogens with zero attached hydrogens (tertiary/aromatic N) is 1. The summed E-state index contributed by atoms with van der Waals surface area (Å²) in [6, 6.07) is 0. The van der Waals surface area contributed by atoms with E-state index in [4.69, 9.17) is 0 Å². The Morgan fingerprint density at radius 2 is 2.30 bits per heavy atom. The summed E-state index contributed by atoms with van der Waals surface area (Å²) in [5, 5.41) is 2.86. The summed E-state index contributed by atoms with van der Waals surface area (Å²) < 4.78 is 4.32. The highest BCUT2D eigenvalue weighted by atomic mass is 16.5. The summed E-state index contributed by atoms with van der Waals surface area (Å²) >= 11 is 0. The lowest BCUT2D eigenvalue weighted by atomic mass is 10.4. The molecule has 0 aromatic heterocycles. The molecule has 0 spiro atoms. The number of esters is 1. The monoisotopic (exact) mass is 144 g/mol. The SMILES string of the molecule is CCOC(=O)C(=O)/C=N/N. The molecule has 0 rings (SSSR count). The first-order chi connectivity index (χ1) is 4.72. The summed E-state index contributed by atoms with van der Waals surface area (Å²) in [5.74, 6) is 2.83. The third-order valence-electron chi connectivity index (χ3n) is 0.668. The van der Waals surface area contributed by atoms with Crippen LogP contribution in [0.3, 0.4) is 0 Å². The molecular formula is C5H8N2O3. The topological polar surface area (TPSA) is 81.8 Å². The van der Waals surface area contributed by atoms with Gasteiger partial charge in [-0.1, -0.05) is 0 Å². The number of rotatable bonds is 3. The second kappa shape index (κ2) is 4.49. The number of ketones is 1. The molecule has 0 amide bonds. The average Bonchev–Trinajstić information content (AvgIpc) is 1.89. The maximum Gasteiger partial charge on any atom is 0.380 e. The van der Waals surface area contributed by atoms with Crippen molar-refractivity contribution >= 4 is 18.0 Å². The van der Waals surface area contributed by atoms with E-state index in [9.17, 15) is 9.59 Å². The van der Waals surface area contributed by atoms with E-state index in [0.717, 1.165) is 0 Å². The molecule has 0 aromatic rings. The zero-order valence-electron chi connectivity index (χ0n) is 5.53. The number of carbonyl (C=O) groups excluding carboxylic acids is 2. The van der Waals surface area contributed by atoms with Crippen LogP contribution in [-0.4, -0.2) is 24.6 Å². The second-order valence-corrected chi connectivity index (χ2v) is 1.36. The molecule has 0 saturated carbocycles. The van der Waals surface area contributed by atoms with Gasteiger partial charge in [0.15, 0.2) is 0 Å². The number of ether oxygens (including phenoxy) is 1. The Morgan fingerprint density at radius 1 is 1.70 bits per heavy atom. The molecule has 2 N–H and O–H groups in total. The van der Waals surface area contributed by atoms with Gasteiger partial charge in [0.2, 0.25) is 0 Å². The molecule has 10 heavy (non-hydrogen) atoms. The summed E-state index contributed by atoms with van der Waals surface area (Å²) in [6.45, 7) is 1.77. The van der Waals surface area contributed by atoms with E-state index >= 15 is 0 Å². The van der Waals surface area contributed by atoms with Gasteiger partial charge >= 0.3 is 5.97 Å². The summed E-state index contributed by atoms with van der Waals surface area (Å²) in [6.07, 6.45) is 0.706. The first-order valence-corrected chi connectivity index (χ1v) is 2.66. The highest BCUT2D eigenvalue weighted by molar-refractivity contribution is 6.56. The van der Waals surface area contributed by atoms with E-state index in [0.29, 0.717) is 6.21 Å². The van der Waals surface area contributed by atoms with Crippen molar-refractivity contribution < 1.29 is 14.3 Å². The molecular weight excluding hydrogens is 136 g/mol. The Balaban J connectivity index is 3.83. The summed E-state index contributed by atoms with van der Waals surface area (Å²) in [4.78, 5) is 20.8. The van der Waals surface area contributed by atoms with E-state index in [-0.39, 0.29) is 6.61 Å². The van der Waals surface area contributed by atoms with Crippen molar-refractivity contribution in [1.29, 1.82) is 0 Å². The molecule has 0 bridgehead atoms. The molecule has 0 heterocycles. The number of carbonyl (C=O) groups is 2. The quantitative estimate of drug-likeness (QED) is 0.182. The lowest BCUT2D eigenvalue weighted by Gasteiger charge is -1.93. The molecule has 0 saturated heterocycles. The van der Waals surface area contributed by atoms with Gasteiger partial charge in [-0.2, -0.15) is 5.10 Å². The van der Waals surface area contributed by atoms with Crippen molar-refractivity contribution in [3.05, 3.63) is 0 Å². The lowest BCUT2D eigenvalue weighted by Crippen LogP contribution is -2.18. The van der Waals surface area contributed by atoms with Crippen molar-refractivity contribution in [2.24, 2.45) is 10.9 Å². The molecule has 0 atom stereocenters. The van der Waals surface area contributed by atoms with Crippen LogP contribution in [0.25, 0.3) is 0 Å². The van der Waals surface area contributed by atoms with Crippen LogP contribution in [-0.2, 0) is 14.3 Å². The van der Waals surface area contributed by atoms with Crippen LogP contribution in [0.5, 0.6) is 0 Å². The first-order valence-electron chi connectivity index (χ1n) is 2.66. The van der Waals surface area contributed by atoms with Gasteiger partial charge in [0, 0.05) is 0 Å². The maximum absolute atomic E-state index is 10.4. The van der Waals surface area contributed by atoms with Gasteiger partial charge in [-0.15, -0.1) is 0 Å². The smallest absolute Gasteiger partial charge is 0.380 e. The standard InChI is InChI=1S/C5H8N2O3/c1-2-10-5(9)4(8)3-7-6/h3H,2,6H2,1H3/b7-3+. The number of hydrogen-bond donors (Lipinski definition) is 1. The molecule has 5 heteroatoms. The molecule has 56 valence electrons. The van der Waals surface area contributed by atoms with Crippen molar-refractivity contribution in [2.45, 2.75) is 6.92 Å². The van der Waals surface area contributed by atoms with Gasteiger partial charge < -0.3 is 10.6 Å². The van der Waals surface area contributed by atoms with E-state index in [1.165, 1.54) is 0 Å². The molecule has 5 nitrogen and oxygen atoms in total. The second-order valence-electron chi connectivity index (χ2n) is 1.36. The van der Waals surface area contributed by atoms with Gasteiger partial charge in [-0.25, -0.2) is 4.79 Å². The van der Waals surface area contributed by atoms with Gasteiger partial charge in [-0.3, -0.25) is 4.79 Å². The predicted molar refractivity (Wildman–Crippen MR) is 34.3 cm³/mol. The molecule has 0 fully saturated rings. The fraction of sp³-hybridized carbons (Fsp3) is 0.400. The number of nitrogens with two attached hydrogens (primary N) is 1. The van der Waals surface area contributed by atoms with E-state index in [1.54, 1.807) is 6.92 Å². The Bertz CT molecular complexity index is 164. The Hall–Kier alpha value is -1.39. The third-order valence-corrected chi connectivity index (χ3v) is 0.668. The fourth-order valence-corrected chi connectivity index (χ4v) is 0.323. The lowest BCUT2D eigenvalue weighted by molar-refractivity contribution is -0.150. The van der Waals surface area contributed by atoms with E-state index in [1.807, 2.05) is 0 Å². The summed E-state index contributed by atoms with van der Waals surface area (Å²) in [5.41, 5.74) is 0. The van der Waals surface area contributed by atoms with Crippen LogP contribution in [0, 0.1) is 0 Å². The molecule has 0 unspecified atom stereocenters. The zero-order chi connectivity index (χ0) is 7.98. The number of hydrogen-bond acceptors (Lipinski definition) is 5. The van der Waals surface area contributed by atoms with Crippen LogP contribution in [0.4, 0.5) is 0 Å². The zero-order valence-corrected chi connectivity index (χ0v) is 5.53. The van der Waals surface area contributed by atoms with Gasteiger partial charge in [0.05, 0.1) is 6.61 Å². The highest BCUT2D eigenvalue weighted by Crippen LogP contribution is 1.77. The van der Waals surface area contributed by atoms with Crippen LogP contribution in [0.1, 0.15) is 6.92 Å². The van der Waals surface area contributed by atoms with Crippen LogP contribution in [0.2, 0.25) is 0 Å². The molecule has 0 aliphatic carbocycles. The van der Waals surface area contributed by atoms with E-state index in [2.05, 4.69) is 15.7 Å². The maximum atomic E-state index is 10.4. The number of Topliss-reactive ketones (excluding diaryl/α,β-unsaturated/α-hetero) is 1. The third kappa shape index (κ3) is 2.81. The van der Waals surface area contributed by atoms with Crippen LogP contribution in [0.15, 0.2) is 5.10 Å².